The van der Waals surface area contributed by atoms with Gasteiger partial charge in [-0.15, -0.1) is 0 Å². The average molecular weight is 398 g/mol. The van der Waals surface area contributed by atoms with Crippen LogP contribution in [0, 0.1) is 5.92 Å². The fourth-order valence-electron chi connectivity index (χ4n) is 4.52. The van der Waals surface area contributed by atoms with Crippen molar-refractivity contribution in [1.82, 2.24) is 19.9 Å². The molecule has 0 radical (unpaired) electrons. The van der Waals surface area contributed by atoms with Crippen LogP contribution in [0.2, 0.25) is 0 Å². The summed E-state index contributed by atoms with van der Waals surface area (Å²) in [6, 6.07) is 16.4. The van der Waals surface area contributed by atoms with Crippen LogP contribution < -0.4 is 4.74 Å². The molecule has 0 aliphatic carbocycles. The molecular formula is C24H22N4O2. The summed E-state index contributed by atoms with van der Waals surface area (Å²) in [6.07, 6.45) is 6.28. The number of aromatic nitrogens is 3. The minimum atomic E-state index is 0.209. The van der Waals surface area contributed by atoms with E-state index in [0.29, 0.717) is 17.8 Å². The molecule has 30 heavy (non-hydrogen) atoms. The predicted molar refractivity (Wildman–Crippen MR) is 114 cm³/mol. The van der Waals surface area contributed by atoms with Crippen molar-refractivity contribution in [3.8, 4) is 28.6 Å². The second-order valence-electron chi connectivity index (χ2n) is 8.12. The molecule has 6 heteroatoms. The molecule has 0 unspecified atom stereocenters. The Morgan fingerprint density at radius 3 is 2.43 bits per heavy atom. The summed E-state index contributed by atoms with van der Waals surface area (Å²) in [5, 5.41) is 0. The first-order valence-corrected chi connectivity index (χ1v) is 10.5. The number of benzene rings is 2. The molecule has 3 aliphatic rings. The molecule has 3 aliphatic heterocycles. The maximum Gasteiger partial charge on any atom is 0.316 e. The monoisotopic (exact) mass is 398 g/mol. The molecule has 150 valence electrons. The maximum absolute atomic E-state index is 6.11. The predicted octanol–water partition coefficient (Wildman–Crippen LogP) is 4.42. The first-order valence-electron chi connectivity index (χ1n) is 10.5. The molecule has 5 heterocycles. The van der Waals surface area contributed by atoms with Gasteiger partial charge >= 0.3 is 6.01 Å². The van der Waals surface area contributed by atoms with Gasteiger partial charge in [-0.2, -0.15) is 0 Å². The van der Waals surface area contributed by atoms with Gasteiger partial charge < -0.3 is 9.15 Å². The van der Waals surface area contributed by atoms with E-state index in [2.05, 4.69) is 19.9 Å². The van der Waals surface area contributed by atoms with Crippen LogP contribution in [0.25, 0.3) is 33.7 Å². The molecule has 0 saturated carbocycles. The standard InChI is InChI=1S/C24H22N4O2/c1-2-4-17(5-3-1)23-27-20-12-18(6-7-21(20)29-23)19-13-25-24(26-14-19)30-22-15-28-10-8-16(22)9-11-28/h1-7,12-14,16,22H,8-11,15H2/t22-/m0/s1. The van der Waals surface area contributed by atoms with Gasteiger partial charge in [0.25, 0.3) is 0 Å². The number of nitrogens with zero attached hydrogens (tertiary/aromatic N) is 4. The molecule has 7 rings (SSSR count). The van der Waals surface area contributed by atoms with E-state index in [1.807, 2.05) is 60.9 Å². The van der Waals surface area contributed by atoms with Crippen molar-refractivity contribution >= 4 is 11.1 Å². The number of piperidine rings is 3. The first kappa shape index (κ1) is 17.6. The van der Waals surface area contributed by atoms with Crippen LogP contribution in [-0.2, 0) is 0 Å². The zero-order chi connectivity index (χ0) is 19.9. The van der Waals surface area contributed by atoms with E-state index in [1.54, 1.807) is 0 Å². The van der Waals surface area contributed by atoms with Gasteiger partial charge in [0, 0.05) is 30.1 Å². The maximum atomic E-state index is 6.11. The minimum Gasteiger partial charge on any atom is -0.458 e. The van der Waals surface area contributed by atoms with Crippen molar-refractivity contribution in [3.05, 3.63) is 60.9 Å². The first-order chi connectivity index (χ1) is 14.8. The van der Waals surface area contributed by atoms with Gasteiger partial charge in [-0.3, -0.25) is 4.90 Å². The number of rotatable bonds is 4. The molecule has 2 aromatic heterocycles. The fourth-order valence-corrected chi connectivity index (χ4v) is 4.52. The third-order valence-corrected chi connectivity index (χ3v) is 6.22. The third kappa shape index (κ3) is 3.23. The molecule has 0 spiro atoms. The van der Waals surface area contributed by atoms with E-state index >= 15 is 0 Å². The molecule has 0 N–H and O–H groups in total. The normalized spacial score (nSPS) is 23.0. The Balaban J connectivity index is 1.23. The van der Waals surface area contributed by atoms with Crippen LogP contribution in [0.5, 0.6) is 6.01 Å². The van der Waals surface area contributed by atoms with Crippen LogP contribution >= 0.6 is 0 Å². The van der Waals surface area contributed by atoms with Crippen molar-refractivity contribution < 1.29 is 9.15 Å². The van der Waals surface area contributed by atoms with E-state index in [-0.39, 0.29) is 6.10 Å². The quantitative estimate of drug-likeness (QED) is 0.507. The second-order valence-corrected chi connectivity index (χ2v) is 8.12. The Morgan fingerprint density at radius 1 is 0.900 bits per heavy atom. The van der Waals surface area contributed by atoms with Crippen LogP contribution in [0.4, 0.5) is 0 Å². The highest BCUT2D eigenvalue weighted by atomic mass is 16.5. The van der Waals surface area contributed by atoms with Crippen molar-refractivity contribution in [2.45, 2.75) is 18.9 Å². The van der Waals surface area contributed by atoms with Gasteiger partial charge in [0.2, 0.25) is 5.89 Å². The SMILES string of the molecule is c1ccc(-c2nc3cc(-c4cnc(O[C@H]5CN6CCC5CC6)nc4)ccc3o2)cc1. The Kier molecular flexibility index (Phi) is 4.23. The molecule has 2 bridgehead atoms. The van der Waals surface area contributed by atoms with Crippen molar-refractivity contribution in [2.75, 3.05) is 19.6 Å². The fraction of sp³-hybridized carbons (Fsp3) is 0.292. The van der Waals surface area contributed by atoms with Crippen molar-refractivity contribution in [3.63, 3.8) is 0 Å². The highest BCUT2D eigenvalue weighted by Gasteiger charge is 2.35. The summed E-state index contributed by atoms with van der Waals surface area (Å²) in [4.78, 5) is 16.1. The van der Waals surface area contributed by atoms with Crippen LogP contribution in [0.3, 0.4) is 0 Å². The summed E-state index contributed by atoms with van der Waals surface area (Å²) < 4.78 is 12.0. The second kappa shape index (κ2) is 7.22. The Bertz CT molecular complexity index is 1170. The largest absolute Gasteiger partial charge is 0.458 e. The van der Waals surface area contributed by atoms with Gasteiger partial charge in [-0.1, -0.05) is 24.3 Å². The lowest BCUT2D eigenvalue weighted by Crippen LogP contribution is -2.52. The van der Waals surface area contributed by atoms with E-state index < -0.39 is 0 Å². The van der Waals surface area contributed by atoms with Gasteiger partial charge in [-0.05, 0) is 61.7 Å². The van der Waals surface area contributed by atoms with Crippen LogP contribution in [0.15, 0.2) is 65.3 Å². The Labute approximate surface area is 174 Å². The number of oxazole rings is 1. The Hall–Kier alpha value is -3.25. The molecule has 6 nitrogen and oxygen atoms in total. The smallest absolute Gasteiger partial charge is 0.316 e. The number of hydrogen-bond donors (Lipinski definition) is 0. The van der Waals surface area contributed by atoms with Crippen LogP contribution in [-0.4, -0.2) is 45.6 Å². The number of hydrogen-bond acceptors (Lipinski definition) is 6. The summed E-state index contributed by atoms with van der Waals surface area (Å²) in [6.45, 7) is 3.38. The van der Waals surface area contributed by atoms with E-state index in [1.165, 1.54) is 25.9 Å². The Morgan fingerprint density at radius 2 is 1.70 bits per heavy atom. The minimum absolute atomic E-state index is 0.209. The van der Waals surface area contributed by atoms with Gasteiger partial charge in [-0.25, -0.2) is 15.0 Å². The summed E-state index contributed by atoms with van der Waals surface area (Å²) in [7, 11) is 0. The van der Waals surface area contributed by atoms with E-state index in [9.17, 15) is 0 Å². The van der Waals surface area contributed by atoms with Crippen molar-refractivity contribution in [2.24, 2.45) is 5.92 Å². The lowest BCUT2D eigenvalue weighted by Gasteiger charge is -2.43. The molecule has 3 fully saturated rings. The lowest BCUT2D eigenvalue weighted by atomic mass is 9.86. The highest BCUT2D eigenvalue weighted by Crippen LogP contribution is 2.31. The number of fused-ring (bicyclic) bond motifs is 4. The third-order valence-electron chi connectivity index (χ3n) is 6.22. The average Bonchev–Trinajstić information content (AvgIpc) is 3.25. The topological polar surface area (TPSA) is 64.3 Å². The summed E-state index contributed by atoms with van der Waals surface area (Å²) in [5.41, 5.74) is 4.49. The molecule has 3 saturated heterocycles. The molecule has 0 amide bonds. The van der Waals surface area contributed by atoms with Gasteiger partial charge in [0.1, 0.15) is 11.6 Å². The summed E-state index contributed by atoms with van der Waals surface area (Å²) >= 11 is 0. The lowest BCUT2D eigenvalue weighted by molar-refractivity contribution is -0.0123. The van der Waals surface area contributed by atoms with Gasteiger partial charge in [0.15, 0.2) is 5.58 Å². The number of ether oxygens (including phenoxy) is 1. The highest BCUT2D eigenvalue weighted by molar-refractivity contribution is 5.82. The van der Waals surface area contributed by atoms with Crippen LogP contribution in [0.1, 0.15) is 12.8 Å². The van der Waals surface area contributed by atoms with E-state index in [0.717, 1.165) is 34.3 Å². The van der Waals surface area contributed by atoms with Gasteiger partial charge in [0.05, 0.1) is 0 Å². The van der Waals surface area contributed by atoms with E-state index in [4.69, 9.17) is 9.15 Å². The molecular weight excluding hydrogens is 376 g/mol. The van der Waals surface area contributed by atoms with Crippen molar-refractivity contribution in [1.29, 1.82) is 0 Å². The zero-order valence-electron chi connectivity index (χ0n) is 16.6. The molecule has 1 atom stereocenters. The molecule has 4 aromatic rings. The summed E-state index contributed by atoms with van der Waals surface area (Å²) in [5.74, 6) is 1.26. The molecule has 2 aromatic carbocycles. The zero-order valence-corrected chi connectivity index (χ0v) is 16.6.